The molecule has 0 atom stereocenters. The number of nitrogens with zero attached hydrogens (tertiary/aromatic N) is 2. The van der Waals surface area contributed by atoms with Crippen molar-refractivity contribution in [3.05, 3.63) is 54.9 Å². The number of thiazole rings is 1. The largest absolute Gasteiger partial charge is 0.469 e. The standard InChI is InChI=1S/C18H15N3O3S/c1-24-15(23)10-14(22)20-18-21-16(12-6-3-2-4-7-12)17(25-18)13-8-5-9-19-11-13/h2-9,11H,10H2,1H3,(H,20,21,22). The number of anilines is 1. The number of methoxy groups -OCH3 is 1. The maximum absolute atomic E-state index is 11.9. The second-order valence-electron chi connectivity index (χ2n) is 5.11. The van der Waals surface area contributed by atoms with Crippen LogP contribution in [0.3, 0.4) is 0 Å². The minimum Gasteiger partial charge on any atom is -0.469 e. The molecule has 3 rings (SSSR count). The van der Waals surface area contributed by atoms with Crippen LogP contribution in [-0.4, -0.2) is 29.0 Å². The third kappa shape index (κ3) is 4.07. The van der Waals surface area contributed by atoms with E-state index in [-0.39, 0.29) is 6.42 Å². The molecular weight excluding hydrogens is 338 g/mol. The van der Waals surface area contributed by atoms with Crippen LogP contribution in [0, 0.1) is 0 Å². The summed E-state index contributed by atoms with van der Waals surface area (Å²) >= 11 is 1.34. The second-order valence-corrected chi connectivity index (χ2v) is 6.10. The van der Waals surface area contributed by atoms with Crippen LogP contribution >= 0.6 is 11.3 Å². The summed E-state index contributed by atoms with van der Waals surface area (Å²) < 4.78 is 4.50. The third-order valence-electron chi connectivity index (χ3n) is 3.38. The van der Waals surface area contributed by atoms with Gasteiger partial charge in [0.25, 0.3) is 0 Å². The molecule has 1 amide bonds. The first-order valence-electron chi connectivity index (χ1n) is 7.50. The van der Waals surface area contributed by atoms with E-state index in [1.54, 1.807) is 12.4 Å². The number of carbonyl (C=O) groups is 2. The first kappa shape index (κ1) is 16.8. The minimum absolute atomic E-state index is 0.348. The predicted octanol–water partition coefficient (Wildman–Crippen LogP) is 3.37. The van der Waals surface area contributed by atoms with Crippen molar-refractivity contribution in [2.75, 3.05) is 12.4 Å². The Hall–Kier alpha value is -3.06. The van der Waals surface area contributed by atoms with Crippen molar-refractivity contribution < 1.29 is 14.3 Å². The predicted molar refractivity (Wildman–Crippen MR) is 96.0 cm³/mol. The van der Waals surface area contributed by atoms with E-state index in [1.165, 1.54) is 18.4 Å². The van der Waals surface area contributed by atoms with E-state index < -0.39 is 11.9 Å². The molecule has 126 valence electrons. The van der Waals surface area contributed by atoms with Crippen molar-refractivity contribution in [3.8, 4) is 21.7 Å². The van der Waals surface area contributed by atoms with Crippen molar-refractivity contribution >= 4 is 28.3 Å². The number of aromatic nitrogens is 2. The van der Waals surface area contributed by atoms with Gasteiger partial charge in [-0.05, 0) is 6.07 Å². The van der Waals surface area contributed by atoms with Crippen molar-refractivity contribution in [1.82, 2.24) is 9.97 Å². The molecule has 2 heterocycles. The molecule has 25 heavy (non-hydrogen) atoms. The number of ether oxygens (including phenoxy) is 1. The number of hydrogen-bond acceptors (Lipinski definition) is 6. The normalized spacial score (nSPS) is 10.3. The summed E-state index contributed by atoms with van der Waals surface area (Å²) in [6.07, 6.45) is 3.10. The molecule has 1 N–H and O–H groups in total. The number of nitrogens with one attached hydrogen (secondary N) is 1. The van der Waals surface area contributed by atoms with Crippen LogP contribution in [0.5, 0.6) is 0 Å². The van der Waals surface area contributed by atoms with Gasteiger partial charge >= 0.3 is 5.97 Å². The van der Waals surface area contributed by atoms with Gasteiger partial charge in [-0.2, -0.15) is 0 Å². The van der Waals surface area contributed by atoms with Crippen molar-refractivity contribution in [1.29, 1.82) is 0 Å². The monoisotopic (exact) mass is 353 g/mol. The molecule has 0 aliphatic heterocycles. The molecule has 0 saturated heterocycles. The third-order valence-corrected chi connectivity index (χ3v) is 4.40. The summed E-state index contributed by atoms with van der Waals surface area (Å²) in [6.45, 7) is 0. The van der Waals surface area contributed by atoms with Crippen LogP contribution in [0.1, 0.15) is 6.42 Å². The highest BCUT2D eigenvalue weighted by atomic mass is 32.1. The Morgan fingerprint density at radius 1 is 1.12 bits per heavy atom. The molecule has 0 aliphatic rings. The van der Waals surface area contributed by atoms with Gasteiger partial charge in [-0.15, -0.1) is 0 Å². The molecule has 0 fully saturated rings. The van der Waals surface area contributed by atoms with Gasteiger partial charge in [0.2, 0.25) is 5.91 Å². The van der Waals surface area contributed by atoms with Crippen LogP contribution in [0.2, 0.25) is 0 Å². The molecule has 0 saturated carbocycles. The molecule has 0 unspecified atom stereocenters. The second kappa shape index (κ2) is 7.67. The van der Waals surface area contributed by atoms with Gasteiger partial charge in [0, 0.05) is 23.5 Å². The van der Waals surface area contributed by atoms with Crippen LogP contribution in [0.4, 0.5) is 5.13 Å². The Morgan fingerprint density at radius 3 is 2.56 bits per heavy atom. The smallest absolute Gasteiger partial charge is 0.315 e. The zero-order chi connectivity index (χ0) is 17.6. The molecule has 2 aromatic heterocycles. The number of rotatable bonds is 5. The Kier molecular flexibility index (Phi) is 5.15. The number of amides is 1. The lowest BCUT2D eigenvalue weighted by Gasteiger charge is -2.01. The summed E-state index contributed by atoms with van der Waals surface area (Å²) in [4.78, 5) is 32.7. The van der Waals surface area contributed by atoms with Crippen LogP contribution in [0.15, 0.2) is 54.9 Å². The number of carbonyl (C=O) groups excluding carboxylic acids is 2. The topological polar surface area (TPSA) is 81.2 Å². The lowest BCUT2D eigenvalue weighted by molar-refractivity contribution is -0.142. The Balaban J connectivity index is 1.95. The average Bonchev–Trinajstić information content (AvgIpc) is 3.06. The van der Waals surface area contributed by atoms with Gasteiger partial charge in [0.1, 0.15) is 6.42 Å². The molecule has 0 radical (unpaired) electrons. The zero-order valence-corrected chi connectivity index (χ0v) is 14.2. The molecule has 3 aromatic rings. The van der Waals surface area contributed by atoms with Gasteiger partial charge in [-0.25, -0.2) is 4.98 Å². The van der Waals surface area contributed by atoms with E-state index in [0.717, 1.165) is 21.7 Å². The summed E-state index contributed by atoms with van der Waals surface area (Å²) in [5.41, 5.74) is 2.60. The Morgan fingerprint density at radius 2 is 1.88 bits per heavy atom. The zero-order valence-electron chi connectivity index (χ0n) is 13.4. The van der Waals surface area contributed by atoms with Gasteiger partial charge in [0.05, 0.1) is 17.7 Å². The lowest BCUT2D eigenvalue weighted by atomic mass is 10.1. The van der Waals surface area contributed by atoms with Gasteiger partial charge in [-0.1, -0.05) is 47.7 Å². The first-order valence-corrected chi connectivity index (χ1v) is 8.32. The molecule has 0 bridgehead atoms. The first-order chi connectivity index (χ1) is 12.2. The molecule has 1 aromatic carbocycles. The van der Waals surface area contributed by atoms with E-state index >= 15 is 0 Å². The van der Waals surface area contributed by atoms with E-state index in [0.29, 0.717) is 5.13 Å². The van der Waals surface area contributed by atoms with Crippen molar-refractivity contribution in [2.24, 2.45) is 0 Å². The van der Waals surface area contributed by atoms with Crippen LogP contribution < -0.4 is 5.32 Å². The van der Waals surface area contributed by atoms with Gasteiger partial charge < -0.3 is 10.1 Å². The van der Waals surface area contributed by atoms with E-state index in [4.69, 9.17) is 0 Å². The Labute approximate surface area is 148 Å². The molecule has 0 spiro atoms. The van der Waals surface area contributed by atoms with Crippen LogP contribution in [0.25, 0.3) is 21.7 Å². The van der Waals surface area contributed by atoms with Crippen molar-refractivity contribution in [2.45, 2.75) is 6.42 Å². The maximum atomic E-state index is 11.9. The fraction of sp³-hybridized carbons (Fsp3) is 0.111. The highest BCUT2D eigenvalue weighted by Gasteiger charge is 2.17. The highest BCUT2D eigenvalue weighted by molar-refractivity contribution is 7.19. The summed E-state index contributed by atoms with van der Waals surface area (Å²) in [7, 11) is 1.24. The number of esters is 1. The molecule has 0 aliphatic carbocycles. The summed E-state index contributed by atoms with van der Waals surface area (Å²) in [5.74, 6) is -1.05. The Bertz CT molecular complexity index is 822. The lowest BCUT2D eigenvalue weighted by Crippen LogP contribution is -2.17. The summed E-state index contributed by atoms with van der Waals surface area (Å²) in [6, 6.07) is 13.5. The van der Waals surface area contributed by atoms with Gasteiger partial charge in [-0.3, -0.25) is 14.6 Å². The molecule has 7 heteroatoms. The van der Waals surface area contributed by atoms with E-state index in [9.17, 15) is 9.59 Å². The SMILES string of the molecule is COC(=O)CC(=O)Nc1nc(-c2ccccc2)c(-c2cccnc2)s1. The van der Waals surface area contributed by atoms with Crippen LogP contribution in [-0.2, 0) is 14.3 Å². The van der Waals surface area contributed by atoms with E-state index in [1.807, 2.05) is 42.5 Å². The minimum atomic E-state index is -0.593. The van der Waals surface area contributed by atoms with Crippen molar-refractivity contribution in [3.63, 3.8) is 0 Å². The van der Waals surface area contributed by atoms with Gasteiger partial charge in [0.15, 0.2) is 5.13 Å². The number of benzene rings is 1. The quantitative estimate of drug-likeness (QED) is 0.562. The molecular formula is C18H15N3O3S. The fourth-order valence-electron chi connectivity index (χ4n) is 2.22. The molecule has 6 nitrogen and oxygen atoms in total. The van der Waals surface area contributed by atoms with E-state index in [2.05, 4.69) is 20.0 Å². The average molecular weight is 353 g/mol. The summed E-state index contributed by atoms with van der Waals surface area (Å²) in [5, 5.41) is 3.08. The number of pyridine rings is 1. The highest BCUT2D eigenvalue weighted by Crippen LogP contribution is 2.38. The number of hydrogen-bond donors (Lipinski definition) is 1. The fourth-order valence-corrected chi connectivity index (χ4v) is 3.22. The maximum Gasteiger partial charge on any atom is 0.315 e.